The molecule has 1 heterocycles. The van der Waals surface area contributed by atoms with Crippen LogP contribution in [0, 0.1) is 11.8 Å². The van der Waals surface area contributed by atoms with Crippen molar-refractivity contribution in [2.45, 2.75) is 24.2 Å². The number of rotatable bonds is 2. The van der Waals surface area contributed by atoms with Crippen LogP contribution in [-0.4, -0.2) is 19.9 Å². The maximum atomic E-state index is 12.6. The van der Waals surface area contributed by atoms with Gasteiger partial charge >= 0.3 is 5.97 Å². The molecule has 4 heteroatoms. The Morgan fingerprint density at radius 1 is 1.04 bits per heavy atom. The molecule has 27 heavy (non-hydrogen) atoms. The quantitative estimate of drug-likeness (QED) is 0.756. The van der Waals surface area contributed by atoms with Crippen molar-refractivity contribution in [2.24, 2.45) is 11.8 Å². The summed E-state index contributed by atoms with van der Waals surface area (Å²) in [5.74, 6) is 3.16. The van der Waals surface area contributed by atoms with E-state index in [9.17, 15) is 4.79 Å². The minimum atomic E-state index is -0.186. The average Bonchev–Trinajstić information content (AvgIpc) is 3.37. The predicted octanol–water partition coefficient (Wildman–Crippen LogP) is 4.13. The van der Waals surface area contributed by atoms with E-state index in [0.717, 1.165) is 23.5 Å². The summed E-state index contributed by atoms with van der Waals surface area (Å²) in [6.07, 6.45) is 3.22. The first-order chi connectivity index (χ1) is 13.3. The Morgan fingerprint density at radius 2 is 1.85 bits per heavy atom. The van der Waals surface area contributed by atoms with Crippen LogP contribution in [0.15, 0.2) is 54.1 Å². The SMILES string of the molecule is COC(=O)C1=CC2c3ccccc3C3C2CC1[C@H]3c1ccc2c(c1)OCO2. The van der Waals surface area contributed by atoms with Crippen molar-refractivity contribution in [1.82, 2.24) is 0 Å². The summed E-state index contributed by atoms with van der Waals surface area (Å²) in [5, 5.41) is 0. The smallest absolute Gasteiger partial charge is 0.333 e. The molecule has 0 spiro atoms. The molecule has 0 radical (unpaired) electrons. The molecule has 3 aliphatic carbocycles. The molecular weight excluding hydrogens is 340 g/mol. The number of hydrogen-bond acceptors (Lipinski definition) is 4. The molecule has 5 atom stereocenters. The number of benzene rings is 2. The molecule has 2 aromatic rings. The van der Waals surface area contributed by atoms with Crippen LogP contribution in [0.2, 0.25) is 0 Å². The summed E-state index contributed by atoms with van der Waals surface area (Å²) in [6.45, 7) is 0.275. The first-order valence-electron chi connectivity index (χ1n) is 9.54. The summed E-state index contributed by atoms with van der Waals surface area (Å²) in [5.41, 5.74) is 4.89. The van der Waals surface area contributed by atoms with E-state index in [0.29, 0.717) is 17.8 Å². The first-order valence-corrected chi connectivity index (χ1v) is 9.54. The molecular formula is C23H20O4. The number of allylic oxidation sites excluding steroid dienone is 1. The second-order valence-electron chi connectivity index (χ2n) is 7.94. The van der Waals surface area contributed by atoms with Gasteiger partial charge in [-0.2, -0.15) is 0 Å². The van der Waals surface area contributed by atoms with Crippen LogP contribution in [-0.2, 0) is 9.53 Å². The normalized spacial score (nSPS) is 31.4. The van der Waals surface area contributed by atoms with E-state index in [1.807, 2.05) is 6.07 Å². The maximum Gasteiger partial charge on any atom is 0.333 e. The molecule has 0 saturated heterocycles. The van der Waals surface area contributed by atoms with Gasteiger partial charge in [0.25, 0.3) is 0 Å². The van der Waals surface area contributed by atoms with E-state index in [1.165, 1.54) is 23.8 Å². The lowest BCUT2D eigenvalue weighted by atomic mass is 9.75. The number of carbonyl (C=O) groups excluding carboxylic acids is 1. The monoisotopic (exact) mass is 360 g/mol. The molecule has 0 amide bonds. The molecule has 0 aromatic heterocycles. The molecule has 4 nitrogen and oxygen atoms in total. The maximum absolute atomic E-state index is 12.6. The summed E-state index contributed by atoms with van der Waals surface area (Å²) >= 11 is 0. The Hall–Kier alpha value is -2.75. The van der Waals surface area contributed by atoms with Crippen molar-refractivity contribution in [2.75, 3.05) is 13.9 Å². The predicted molar refractivity (Wildman–Crippen MR) is 98.9 cm³/mol. The van der Waals surface area contributed by atoms with Crippen molar-refractivity contribution in [3.63, 3.8) is 0 Å². The van der Waals surface area contributed by atoms with Crippen LogP contribution < -0.4 is 9.47 Å². The van der Waals surface area contributed by atoms with E-state index in [1.54, 1.807) is 0 Å². The molecule has 1 fully saturated rings. The van der Waals surface area contributed by atoms with Crippen molar-refractivity contribution < 1.29 is 19.0 Å². The molecule has 6 rings (SSSR count). The Balaban J connectivity index is 1.54. The second kappa shape index (κ2) is 5.38. The Bertz CT molecular complexity index is 992. The number of esters is 1. The van der Waals surface area contributed by atoms with Crippen molar-refractivity contribution in [3.8, 4) is 11.5 Å². The van der Waals surface area contributed by atoms with E-state index in [4.69, 9.17) is 14.2 Å². The number of hydrogen-bond donors (Lipinski definition) is 0. The van der Waals surface area contributed by atoms with Gasteiger partial charge in [-0.15, -0.1) is 0 Å². The minimum absolute atomic E-state index is 0.186. The lowest BCUT2D eigenvalue weighted by Gasteiger charge is -2.29. The molecule has 2 bridgehead atoms. The highest BCUT2D eigenvalue weighted by molar-refractivity contribution is 5.90. The fraction of sp³-hybridized carbons (Fsp3) is 0.348. The Labute approximate surface area is 157 Å². The fourth-order valence-corrected chi connectivity index (χ4v) is 5.99. The highest BCUT2D eigenvalue weighted by Crippen LogP contribution is 2.67. The molecule has 4 unspecified atom stereocenters. The van der Waals surface area contributed by atoms with Crippen molar-refractivity contribution in [3.05, 3.63) is 70.8 Å². The Morgan fingerprint density at radius 3 is 2.70 bits per heavy atom. The topological polar surface area (TPSA) is 44.8 Å². The molecule has 0 N–H and O–H groups in total. The minimum Gasteiger partial charge on any atom is -0.466 e. The Kier molecular flexibility index (Phi) is 3.05. The van der Waals surface area contributed by atoms with Gasteiger partial charge in [0.15, 0.2) is 11.5 Å². The van der Waals surface area contributed by atoms with E-state index < -0.39 is 0 Å². The third-order valence-electron chi connectivity index (χ3n) is 6.94. The number of carbonyl (C=O) groups is 1. The zero-order valence-electron chi connectivity index (χ0n) is 15.1. The fourth-order valence-electron chi connectivity index (χ4n) is 5.99. The summed E-state index contributed by atoms with van der Waals surface area (Å²) in [7, 11) is 1.48. The van der Waals surface area contributed by atoms with Gasteiger partial charge in [0.05, 0.1) is 7.11 Å². The van der Waals surface area contributed by atoms with Crippen LogP contribution in [0.3, 0.4) is 0 Å². The van der Waals surface area contributed by atoms with Gasteiger partial charge in [-0.3, -0.25) is 0 Å². The van der Waals surface area contributed by atoms with Gasteiger partial charge in [-0.05, 0) is 58.9 Å². The molecule has 2 aromatic carbocycles. The number of ether oxygens (including phenoxy) is 3. The van der Waals surface area contributed by atoms with Crippen LogP contribution in [0.25, 0.3) is 0 Å². The highest BCUT2D eigenvalue weighted by Gasteiger charge is 2.56. The number of methoxy groups -OCH3 is 1. The second-order valence-corrected chi connectivity index (χ2v) is 7.94. The summed E-state index contributed by atoms with van der Waals surface area (Å²) in [4.78, 5) is 12.6. The van der Waals surface area contributed by atoms with E-state index >= 15 is 0 Å². The third kappa shape index (κ3) is 1.96. The summed E-state index contributed by atoms with van der Waals surface area (Å²) in [6, 6.07) is 15.0. The third-order valence-corrected chi connectivity index (χ3v) is 6.94. The highest BCUT2D eigenvalue weighted by atomic mass is 16.7. The number of fused-ring (bicyclic) bond motifs is 5. The standard InChI is InChI=1S/C23H20O4/c1-25-23(24)18-9-15-13-4-2-3-5-14(13)22-16(15)10-17(18)21(22)12-6-7-19-20(8-12)27-11-26-19/h2-9,15-17,21-22H,10-11H2,1H3/t15?,16?,17?,21-,22?/m1/s1. The van der Waals surface area contributed by atoms with E-state index in [-0.39, 0.29) is 24.6 Å². The largest absolute Gasteiger partial charge is 0.466 e. The van der Waals surface area contributed by atoms with Gasteiger partial charge in [0.2, 0.25) is 6.79 Å². The van der Waals surface area contributed by atoms with Crippen LogP contribution in [0.4, 0.5) is 0 Å². The van der Waals surface area contributed by atoms with Crippen LogP contribution >= 0.6 is 0 Å². The van der Waals surface area contributed by atoms with Crippen molar-refractivity contribution in [1.29, 1.82) is 0 Å². The molecule has 4 aliphatic rings. The molecule has 136 valence electrons. The first kappa shape index (κ1) is 15.3. The lowest BCUT2D eigenvalue weighted by molar-refractivity contribution is -0.136. The zero-order chi connectivity index (χ0) is 18.1. The summed E-state index contributed by atoms with van der Waals surface area (Å²) < 4.78 is 16.3. The van der Waals surface area contributed by atoms with Crippen LogP contribution in [0.1, 0.15) is 40.9 Å². The van der Waals surface area contributed by atoms with Gasteiger partial charge in [0.1, 0.15) is 0 Å². The average molecular weight is 360 g/mol. The van der Waals surface area contributed by atoms with Crippen LogP contribution in [0.5, 0.6) is 11.5 Å². The van der Waals surface area contributed by atoms with Gasteiger partial charge in [-0.25, -0.2) is 4.79 Å². The molecule has 1 aliphatic heterocycles. The molecule has 1 saturated carbocycles. The van der Waals surface area contributed by atoms with E-state index in [2.05, 4.69) is 42.5 Å². The van der Waals surface area contributed by atoms with Gasteiger partial charge in [0, 0.05) is 11.5 Å². The zero-order valence-corrected chi connectivity index (χ0v) is 15.1. The van der Waals surface area contributed by atoms with Gasteiger partial charge < -0.3 is 14.2 Å². The lowest BCUT2D eigenvalue weighted by Crippen LogP contribution is -2.22. The van der Waals surface area contributed by atoms with Gasteiger partial charge in [-0.1, -0.05) is 36.4 Å². The van der Waals surface area contributed by atoms with Crippen molar-refractivity contribution >= 4 is 5.97 Å².